The molecule has 196 valence electrons. The zero-order valence-electron chi connectivity index (χ0n) is 25.2. The van der Waals surface area contributed by atoms with Crippen molar-refractivity contribution in [3.63, 3.8) is 0 Å². The van der Waals surface area contributed by atoms with Crippen molar-refractivity contribution in [3.05, 3.63) is 0 Å². The smallest absolute Gasteiger partial charge is 0.0411 e. The Morgan fingerprint density at radius 2 is 0.867 bits per heavy atom. The van der Waals surface area contributed by atoms with Gasteiger partial charge in [-0.3, -0.25) is 4.21 Å². The zero-order valence-corrected chi connectivity index (χ0v) is 29.6. The van der Waals surface area contributed by atoms with E-state index in [0.29, 0.717) is 0 Å². The minimum absolute atomic E-state index is 0.611. The molecular weight excluding hydrogens is 464 g/mol. The van der Waals surface area contributed by atoms with Crippen molar-refractivity contribution in [2.45, 2.75) is 26.2 Å². The van der Waals surface area contributed by atoms with Crippen LogP contribution >= 0.6 is 25.3 Å². The normalized spacial score (nSPS) is 11.4. The van der Waals surface area contributed by atoms with Gasteiger partial charge in [-0.25, -0.2) is 0 Å². The van der Waals surface area contributed by atoms with Crippen LogP contribution in [0.4, 0.5) is 0 Å². The number of hydrogen-bond donors (Lipinski definition) is 0. The Balaban J connectivity index is -0.0000000417. The molecule has 0 aromatic rings. The minimum atomic E-state index is -1.05. The van der Waals surface area contributed by atoms with Gasteiger partial charge in [-0.15, -0.1) is 13.2 Å². The monoisotopic (exact) mass is 529 g/mol. The fourth-order valence-corrected chi connectivity index (χ4v) is 0. The van der Waals surface area contributed by atoms with E-state index in [0.717, 1.165) is 0 Å². The van der Waals surface area contributed by atoms with E-state index in [2.05, 4.69) is 90.5 Å². The van der Waals surface area contributed by atoms with Crippen LogP contribution in [0, 0.1) is 0 Å². The second-order valence-electron chi connectivity index (χ2n) is 12.7. The van der Waals surface area contributed by atoms with E-state index in [9.17, 15) is 4.21 Å². The van der Waals surface area contributed by atoms with Gasteiger partial charge in [-0.05, 0) is 53.6 Å². The summed E-state index contributed by atoms with van der Waals surface area (Å²) >= 11 is 1.75. The van der Waals surface area contributed by atoms with E-state index >= 15 is 0 Å². The van der Waals surface area contributed by atoms with Gasteiger partial charge in [0.1, 0.15) is 0 Å². The zero-order chi connectivity index (χ0) is 27.0. The minimum Gasteiger partial charge on any atom is -0.260 e. The molecule has 0 aliphatic heterocycles. The van der Waals surface area contributed by atoms with Crippen LogP contribution in [0.1, 0.15) is 0 Å². The summed E-state index contributed by atoms with van der Waals surface area (Å²) in [4.78, 5) is 2.00. The van der Waals surface area contributed by atoms with E-state index in [1.54, 1.807) is 38.5 Å². The first-order chi connectivity index (χ1) is 12.5. The van der Waals surface area contributed by atoms with Crippen molar-refractivity contribution in [2.75, 3.05) is 114 Å². The molecule has 0 aliphatic carbocycles. The van der Waals surface area contributed by atoms with Crippen LogP contribution in [0.5, 0.6) is 0 Å². The molecule has 0 radical (unpaired) electrons. The van der Waals surface area contributed by atoms with E-state index in [1.807, 2.05) is 38.6 Å². The SMILES string of the molecule is C=P(C)(C)C.CN(C)C.COC.CP(C)(C)(C)C.CS(C)=O.CSC.C[Si](C)(C)C. The number of ether oxygens (including phenoxy) is 1. The molecule has 0 atom stereocenters. The molecule has 0 aromatic carbocycles. The number of nitrogens with zero attached hydrogens (tertiary/aromatic N) is 1. The average Bonchev–Trinajstić information content (AvgIpc) is 2.18. The molecule has 0 rings (SSSR count). The van der Waals surface area contributed by atoms with Gasteiger partial charge < -0.3 is 9.64 Å². The third-order valence-corrected chi connectivity index (χ3v) is 0. The summed E-state index contributed by atoms with van der Waals surface area (Å²) in [5.74, 6) is 0. The van der Waals surface area contributed by atoms with Crippen molar-refractivity contribution in [1.29, 1.82) is 0 Å². The maximum atomic E-state index is 9.56. The number of thioether (sulfide) groups is 1. The van der Waals surface area contributed by atoms with E-state index in [4.69, 9.17) is 0 Å². The summed E-state index contributed by atoms with van der Waals surface area (Å²) < 4.78 is 13.8. The molecule has 0 saturated carbocycles. The fraction of sp³-hybridized carbons (Fsp3) is 0.955. The maximum Gasteiger partial charge on any atom is 0.0411 e. The summed E-state index contributed by atoms with van der Waals surface area (Å²) in [6, 6.07) is 0. The maximum absolute atomic E-state index is 9.56. The topological polar surface area (TPSA) is 29.5 Å². The van der Waals surface area contributed by atoms with Crippen LogP contribution in [-0.4, -0.2) is 137 Å². The summed E-state index contributed by atoms with van der Waals surface area (Å²) in [6.45, 7) is 25.9. The van der Waals surface area contributed by atoms with Crippen molar-refractivity contribution < 1.29 is 8.95 Å². The first-order valence-corrected chi connectivity index (χ1v) is 25.2. The van der Waals surface area contributed by atoms with Gasteiger partial charge in [-0.1, -0.05) is 26.2 Å². The van der Waals surface area contributed by atoms with E-state index < -0.39 is 32.4 Å². The largest absolute Gasteiger partial charge is 0.260 e. The first kappa shape index (κ1) is 48.7. The Morgan fingerprint density at radius 1 is 0.867 bits per heavy atom. The van der Waals surface area contributed by atoms with Gasteiger partial charge in [0, 0.05) is 45.6 Å². The second kappa shape index (κ2) is 26.6. The van der Waals surface area contributed by atoms with E-state index in [-0.39, 0.29) is 0 Å². The molecule has 0 fully saturated rings. The molecule has 8 heteroatoms. The van der Waals surface area contributed by atoms with Crippen LogP contribution in [-0.2, 0) is 15.5 Å². The Bertz CT molecular complexity index is 345. The van der Waals surface area contributed by atoms with Crippen molar-refractivity contribution in [3.8, 4) is 0 Å². The predicted molar refractivity (Wildman–Crippen MR) is 170 cm³/mol. The Kier molecular flexibility index (Phi) is 43.2. The molecule has 0 spiro atoms. The number of methoxy groups -OCH3 is 1. The van der Waals surface area contributed by atoms with Gasteiger partial charge in [-0.2, -0.15) is 11.8 Å². The van der Waals surface area contributed by atoms with Gasteiger partial charge >= 0.3 is 39.9 Å². The average molecular weight is 530 g/mol. The number of hydrogen-bond acceptors (Lipinski definition) is 4. The molecular formula is C22H65NO2P2S2Si. The van der Waals surface area contributed by atoms with Gasteiger partial charge in [0.15, 0.2) is 0 Å². The van der Waals surface area contributed by atoms with Crippen LogP contribution in [0.25, 0.3) is 0 Å². The van der Waals surface area contributed by atoms with Crippen molar-refractivity contribution in [2.24, 2.45) is 0 Å². The quantitative estimate of drug-likeness (QED) is 0.269. The Labute approximate surface area is 203 Å². The summed E-state index contributed by atoms with van der Waals surface area (Å²) in [6.07, 6.45) is 11.2. The van der Waals surface area contributed by atoms with Crippen LogP contribution < -0.4 is 0 Å². The molecule has 0 bridgehead atoms. The Morgan fingerprint density at radius 3 is 0.867 bits per heavy atom. The van der Waals surface area contributed by atoms with Crippen LogP contribution in [0.15, 0.2) is 0 Å². The van der Waals surface area contributed by atoms with Crippen LogP contribution in [0.3, 0.4) is 0 Å². The van der Waals surface area contributed by atoms with Gasteiger partial charge in [0.25, 0.3) is 0 Å². The predicted octanol–water partition coefficient (Wildman–Crippen LogP) is 6.38. The standard InChI is InChI=1S/C5H15P.C4H11P.C4H12Si.C3H9N.C2H6OS.C2H6O.C2H6S/c1-6(2,3,4)5;2*1-5(2,3)4;2*1-4(2)3;2*1-3-2/h1-5H3;1H2,2-4H3;1-4H3;1-3H3;1-2H3;2*1-2H3. The summed E-state index contributed by atoms with van der Waals surface area (Å²) in [7, 11) is 8.03. The van der Waals surface area contributed by atoms with Crippen molar-refractivity contribution >= 4 is 50.4 Å². The molecule has 0 heterocycles. The summed E-state index contributed by atoms with van der Waals surface area (Å²) in [5.41, 5.74) is 0. The van der Waals surface area contributed by atoms with Gasteiger partial charge in [0.05, 0.1) is 0 Å². The molecule has 3 nitrogen and oxygen atoms in total. The molecule has 0 aromatic heterocycles. The second-order valence-corrected chi connectivity index (χ2v) is 34.5. The molecule has 0 amide bonds. The third-order valence-electron chi connectivity index (χ3n) is 0. The first-order valence-electron chi connectivity index (χ1n) is 9.85. The van der Waals surface area contributed by atoms with Crippen molar-refractivity contribution in [1.82, 2.24) is 4.90 Å². The van der Waals surface area contributed by atoms with Crippen LogP contribution in [0.2, 0.25) is 26.2 Å². The van der Waals surface area contributed by atoms with Gasteiger partial charge in [0.2, 0.25) is 0 Å². The molecule has 0 saturated heterocycles. The number of rotatable bonds is 0. The molecule has 0 aliphatic rings. The molecule has 0 N–H and O–H groups in total. The van der Waals surface area contributed by atoms with E-state index in [1.165, 1.54) is 0 Å². The third kappa shape index (κ3) is 12600. The molecule has 30 heavy (non-hydrogen) atoms. The Hall–Kier alpha value is 1.37. The fourth-order valence-electron chi connectivity index (χ4n) is 0. The summed E-state index contributed by atoms with van der Waals surface area (Å²) in [5, 5.41) is 0. The molecule has 0 unspecified atom stereocenters.